The van der Waals surface area contributed by atoms with E-state index in [-0.39, 0.29) is 23.0 Å². The zero-order valence-corrected chi connectivity index (χ0v) is 15.1. The molecule has 0 unspecified atom stereocenters. The molecule has 23 heavy (non-hydrogen) atoms. The summed E-state index contributed by atoms with van der Waals surface area (Å²) in [5.41, 5.74) is 0.182. The average molecular weight is 400 g/mol. The molecule has 1 N–H and O–H groups in total. The Morgan fingerprint density at radius 3 is 2.30 bits per heavy atom. The summed E-state index contributed by atoms with van der Waals surface area (Å²) in [7, 11) is 0. The minimum absolute atomic E-state index is 0. The summed E-state index contributed by atoms with van der Waals surface area (Å²) in [4.78, 5) is 2.96. The summed E-state index contributed by atoms with van der Waals surface area (Å²) in [5.74, 6) is -1.11. The minimum atomic E-state index is -0.610. The van der Waals surface area contributed by atoms with Gasteiger partial charge in [-0.05, 0) is 24.3 Å². The molecule has 2 aromatic rings. The van der Waals surface area contributed by atoms with Gasteiger partial charge in [0.05, 0.1) is 15.4 Å². The number of hydrogen-bond donors (Lipinski definition) is 1. The Hall–Kier alpha value is -0.430. The average Bonchev–Trinajstić information content (AvgIpc) is 2.94. The molecule has 1 atom stereocenters. The smallest absolute Gasteiger partial charge is 0.142 e. The fourth-order valence-electron chi connectivity index (χ4n) is 2.71. The first-order valence-electron chi connectivity index (χ1n) is 6.91. The molecule has 2 nitrogen and oxygen atoms in total. The maximum atomic E-state index is 14.4. The van der Waals surface area contributed by atoms with Gasteiger partial charge in [-0.2, -0.15) is 0 Å². The fraction of sp³-hybridized carbons (Fsp3) is 0.333. The molecule has 8 heteroatoms. The SMILES string of the molecule is Cl.Fc1ccc(F)c([C@@H](c2ccc(Cl)s2)N2CCNCC2)c1Cl. The first kappa shape index (κ1) is 18.9. The van der Waals surface area contributed by atoms with Crippen LogP contribution in [0.4, 0.5) is 8.78 Å². The van der Waals surface area contributed by atoms with Crippen LogP contribution in [0.1, 0.15) is 16.5 Å². The van der Waals surface area contributed by atoms with Gasteiger partial charge in [-0.1, -0.05) is 23.2 Å². The van der Waals surface area contributed by atoms with Crippen LogP contribution in [-0.4, -0.2) is 31.1 Å². The van der Waals surface area contributed by atoms with Gasteiger partial charge in [0.1, 0.15) is 11.6 Å². The third-order valence-electron chi connectivity index (χ3n) is 3.73. The zero-order chi connectivity index (χ0) is 15.7. The van der Waals surface area contributed by atoms with E-state index in [0.717, 1.165) is 43.2 Å². The van der Waals surface area contributed by atoms with Crippen LogP contribution in [-0.2, 0) is 0 Å². The number of hydrogen-bond acceptors (Lipinski definition) is 3. The van der Waals surface area contributed by atoms with Crippen LogP contribution in [0.25, 0.3) is 0 Å². The quantitative estimate of drug-likeness (QED) is 0.749. The Labute approximate surface area is 153 Å². The summed E-state index contributed by atoms with van der Waals surface area (Å²) in [6.07, 6.45) is 0. The Bertz CT molecular complexity index is 675. The lowest BCUT2D eigenvalue weighted by atomic mass is 10.0. The molecule has 0 amide bonds. The van der Waals surface area contributed by atoms with Gasteiger partial charge < -0.3 is 5.32 Å². The number of nitrogens with zero attached hydrogens (tertiary/aromatic N) is 1. The Balaban J connectivity index is 0.00000192. The lowest BCUT2D eigenvalue weighted by Crippen LogP contribution is -2.45. The topological polar surface area (TPSA) is 15.3 Å². The Kier molecular flexibility index (Phi) is 6.66. The van der Waals surface area contributed by atoms with Crippen LogP contribution in [0.15, 0.2) is 24.3 Å². The summed E-state index contributed by atoms with van der Waals surface area (Å²) in [6, 6.07) is 5.36. The second-order valence-electron chi connectivity index (χ2n) is 5.09. The van der Waals surface area contributed by atoms with Gasteiger partial charge >= 0.3 is 0 Å². The first-order chi connectivity index (χ1) is 10.6. The van der Waals surface area contributed by atoms with Gasteiger partial charge in [-0.15, -0.1) is 23.7 Å². The van der Waals surface area contributed by atoms with Crippen molar-refractivity contribution in [3.63, 3.8) is 0 Å². The molecule has 1 aliphatic heterocycles. The predicted molar refractivity (Wildman–Crippen MR) is 94.2 cm³/mol. The Morgan fingerprint density at radius 1 is 1.04 bits per heavy atom. The molecule has 0 aliphatic carbocycles. The van der Waals surface area contributed by atoms with Gasteiger partial charge in [0.2, 0.25) is 0 Å². The second kappa shape index (κ2) is 8.10. The van der Waals surface area contributed by atoms with Crippen LogP contribution in [0.2, 0.25) is 9.36 Å². The molecule has 1 aromatic carbocycles. The standard InChI is InChI=1S/C15H14Cl2F2N2S.ClH/c16-12-4-3-11(22-12)15(21-7-5-20-6-8-21)13-9(18)1-2-10(19)14(13)17;/h1-4,15,20H,5-8H2;1H/t15-;/m1./s1. The Morgan fingerprint density at radius 2 is 1.70 bits per heavy atom. The molecular formula is C15H15Cl3F2N2S. The maximum absolute atomic E-state index is 14.4. The van der Waals surface area contributed by atoms with Crippen molar-refractivity contribution >= 4 is 46.9 Å². The molecule has 126 valence electrons. The normalized spacial score (nSPS) is 16.9. The number of nitrogens with one attached hydrogen (secondary N) is 1. The fourth-order valence-corrected chi connectivity index (χ4v) is 4.18. The van der Waals surface area contributed by atoms with E-state index in [1.165, 1.54) is 11.3 Å². The van der Waals surface area contributed by atoms with E-state index in [1.54, 1.807) is 6.07 Å². The molecule has 0 spiro atoms. The zero-order valence-electron chi connectivity index (χ0n) is 12.0. The van der Waals surface area contributed by atoms with E-state index in [1.807, 2.05) is 6.07 Å². The monoisotopic (exact) mass is 398 g/mol. The molecule has 2 heterocycles. The van der Waals surface area contributed by atoms with Gasteiger partial charge in [-0.3, -0.25) is 4.90 Å². The number of piperazine rings is 1. The highest BCUT2D eigenvalue weighted by Crippen LogP contribution is 2.40. The lowest BCUT2D eigenvalue weighted by molar-refractivity contribution is 0.197. The number of halogens is 5. The van der Waals surface area contributed by atoms with E-state index in [9.17, 15) is 8.78 Å². The summed E-state index contributed by atoms with van der Waals surface area (Å²) in [6.45, 7) is 3.05. The predicted octanol–water partition coefficient (Wildman–Crippen LogP) is 4.75. The molecule has 0 saturated carbocycles. The highest BCUT2D eigenvalue weighted by atomic mass is 35.5. The number of thiophene rings is 1. The van der Waals surface area contributed by atoms with Crippen LogP contribution in [0, 0.1) is 11.6 Å². The van der Waals surface area contributed by atoms with Gasteiger partial charge in [-0.25, -0.2) is 8.78 Å². The van der Waals surface area contributed by atoms with Crippen LogP contribution in [0.5, 0.6) is 0 Å². The molecule has 1 aromatic heterocycles. The largest absolute Gasteiger partial charge is 0.314 e. The van der Waals surface area contributed by atoms with Crippen LogP contribution in [0.3, 0.4) is 0 Å². The van der Waals surface area contributed by atoms with E-state index in [2.05, 4.69) is 10.2 Å². The summed E-state index contributed by atoms with van der Waals surface area (Å²) < 4.78 is 28.9. The van der Waals surface area contributed by atoms with Crippen molar-refractivity contribution in [1.29, 1.82) is 0 Å². The van der Waals surface area contributed by atoms with E-state index in [4.69, 9.17) is 23.2 Å². The minimum Gasteiger partial charge on any atom is -0.314 e. The third kappa shape index (κ3) is 3.98. The highest BCUT2D eigenvalue weighted by Gasteiger charge is 2.30. The number of benzene rings is 1. The number of rotatable bonds is 3. The molecule has 0 radical (unpaired) electrons. The summed E-state index contributed by atoms with van der Waals surface area (Å²) in [5, 5.41) is 3.09. The van der Waals surface area contributed by atoms with Gasteiger partial charge in [0, 0.05) is 36.6 Å². The maximum Gasteiger partial charge on any atom is 0.142 e. The summed E-state index contributed by atoms with van der Waals surface area (Å²) >= 11 is 13.5. The van der Waals surface area contributed by atoms with Gasteiger partial charge in [0.25, 0.3) is 0 Å². The van der Waals surface area contributed by atoms with Crippen LogP contribution < -0.4 is 5.32 Å². The van der Waals surface area contributed by atoms with Gasteiger partial charge in [0.15, 0.2) is 0 Å². The molecule has 1 aliphatic rings. The molecule has 3 rings (SSSR count). The van der Waals surface area contributed by atoms with Crippen molar-refractivity contribution in [3.8, 4) is 0 Å². The van der Waals surface area contributed by atoms with Crippen LogP contribution >= 0.6 is 46.9 Å². The van der Waals surface area contributed by atoms with Crippen molar-refractivity contribution in [2.45, 2.75) is 6.04 Å². The lowest BCUT2D eigenvalue weighted by Gasteiger charge is -2.35. The van der Waals surface area contributed by atoms with Crippen molar-refractivity contribution in [2.75, 3.05) is 26.2 Å². The van der Waals surface area contributed by atoms with Crippen molar-refractivity contribution < 1.29 is 8.78 Å². The van der Waals surface area contributed by atoms with E-state index < -0.39 is 17.7 Å². The third-order valence-corrected chi connectivity index (χ3v) is 5.40. The van der Waals surface area contributed by atoms with Crippen molar-refractivity contribution in [1.82, 2.24) is 10.2 Å². The molecular weight excluding hydrogens is 385 g/mol. The molecule has 0 bridgehead atoms. The second-order valence-corrected chi connectivity index (χ2v) is 7.21. The highest BCUT2D eigenvalue weighted by molar-refractivity contribution is 7.16. The van der Waals surface area contributed by atoms with E-state index in [0.29, 0.717) is 4.34 Å². The van der Waals surface area contributed by atoms with Crippen molar-refractivity contribution in [3.05, 3.63) is 55.7 Å². The molecule has 1 fully saturated rings. The van der Waals surface area contributed by atoms with Crippen molar-refractivity contribution in [2.24, 2.45) is 0 Å². The molecule has 1 saturated heterocycles. The first-order valence-corrected chi connectivity index (χ1v) is 8.48. The van der Waals surface area contributed by atoms with E-state index >= 15 is 0 Å².